The molecule has 24 heavy (non-hydrogen) atoms. The van der Waals surface area contributed by atoms with Crippen molar-refractivity contribution >= 4 is 23.6 Å². The zero-order valence-corrected chi connectivity index (χ0v) is 19.1. The van der Waals surface area contributed by atoms with Crippen LogP contribution >= 0.6 is 0 Å². The van der Waals surface area contributed by atoms with Crippen molar-refractivity contribution in [2.45, 2.75) is 90.5 Å². The maximum absolute atomic E-state index is 6.72. The Morgan fingerprint density at radius 3 is 2.08 bits per heavy atom. The van der Waals surface area contributed by atoms with Crippen LogP contribution in [-0.4, -0.2) is 45.5 Å². The van der Waals surface area contributed by atoms with Gasteiger partial charge in [-0.15, -0.1) is 0 Å². The van der Waals surface area contributed by atoms with Gasteiger partial charge in [-0.25, -0.2) is 0 Å². The Labute approximate surface area is 151 Å². The van der Waals surface area contributed by atoms with Crippen LogP contribution in [0.4, 0.5) is 0 Å². The fourth-order valence-corrected chi connectivity index (χ4v) is 17.5. The van der Waals surface area contributed by atoms with E-state index in [4.69, 9.17) is 9.31 Å². The van der Waals surface area contributed by atoms with Crippen molar-refractivity contribution in [1.29, 1.82) is 0 Å². The lowest BCUT2D eigenvalue weighted by Gasteiger charge is -2.49. The summed E-state index contributed by atoms with van der Waals surface area (Å²) in [5.74, 6) is 3.10. The van der Waals surface area contributed by atoms with E-state index < -0.39 is 16.5 Å². The average Bonchev–Trinajstić information content (AvgIpc) is 3.13. The first-order chi connectivity index (χ1) is 10.9. The van der Waals surface area contributed by atoms with Crippen LogP contribution in [0, 0.1) is 23.2 Å². The van der Waals surface area contributed by atoms with Crippen LogP contribution in [0.3, 0.4) is 0 Å². The van der Waals surface area contributed by atoms with Gasteiger partial charge in [-0.1, -0.05) is 53.1 Å². The van der Waals surface area contributed by atoms with Gasteiger partial charge in [0.25, 0.3) is 0 Å². The number of rotatable bonds is 5. The van der Waals surface area contributed by atoms with Crippen molar-refractivity contribution in [2.24, 2.45) is 23.2 Å². The first-order valence-electron chi connectivity index (χ1n) is 9.98. The van der Waals surface area contributed by atoms with Crippen molar-refractivity contribution in [3.8, 4) is 0 Å². The van der Waals surface area contributed by atoms with Crippen molar-refractivity contribution in [3.63, 3.8) is 0 Å². The second kappa shape index (κ2) is 4.80. The summed E-state index contributed by atoms with van der Waals surface area (Å²) in [5, 5.41) is 0. The average molecular weight is 365 g/mol. The molecule has 0 aromatic heterocycles. The van der Waals surface area contributed by atoms with E-state index in [1.54, 1.807) is 0 Å². The quantitative estimate of drug-likeness (QED) is 0.681. The van der Waals surface area contributed by atoms with Gasteiger partial charge in [0.15, 0.2) is 0 Å². The summed E-state index contributed by atoms with van der Waals surface area (Å²) in [6.07, 6.45) is 2.69. The summed E-state index contributed by atoms with van der Waals surface area (Å²) >= 11 is 0. The molecule has 0 spiro atoms. The molecule has 1 aliphatic heterocycles. The molecule has 3 saturated carbocycles. The highest BCUT2D eigenvalue weighted by atomic mass is 28.4. The fourth-order valence-electron chi connectivity index (χ4n) is 6.88. The third-order valence-electron chi connectivity index (χ3n) is 7.57. The van der Waals surface area contributed by atoms with Crippen LogP contribution in [0.5, 0.6) is 0 Å². The van der Waals surface area contributed by atoms with E-state index in [0.29, 0.717) is 17.5 Å². The molecule has 1 saturated heterocycles. The lowest BCUT2D eigenvalue weighted by Crippen LogP contribution is -2.67. The summed E-state index contributed by atoms with van der Waals surface area (Å²) < 4.78 is 16.3. The topological polar surface area (TPSA) is 21.7 Å². The molecule has 0 N–H and O–H groups in total. The molecule has 3 unspecified atom stereocenters. The molecule has 6 heteroatoms. The highest BCUT2D eigenvalue weighted by Crippen LogP contribution is 2.90. The van der Waals surface area contributed by atoms with E-state index >= 15 is 0 Å². The van der Waals surface area contributed by atoms with Gasteiger partial charge >= 0.3 is 7.12 Å². The number of hydrogen-bond acceptors (Lipinski definition) is 3. The van der Waals surface area contributed by atoms with Crippen LogP contribution in [0.15, 0.2) is 0 Å². The standard InChI is InChI=1S/C18H36BNO2Si2/c1-10-13(20(23(4,5)6)24(7,8)9)19-21-16-15-14-12(18(14,15)3)11-17(16,2)22-19/h12-16H,10-11H2,1-9H3/t12?,13-,14?,15-,16-,17+,18?/m0/s1. The first kappa shape index (κ1) is 17.8. The summed E-state index contributed by atoms with van der Waals surface area (Å²) in [5.41, 5.74) is 0.603. The molecule has 136 valence electrons. The van der Waals surface area contributed by atoms with Gasteiger partial charge in [-0.3, -0.25) is 0 Å². The Hall–Kier alpha value is 0.379. The van der Waals surface area contributed by atoms with Crippen molar-refractivity contribution in [3.05, 3.63) is 0 Å². The molecule has 4 aliphatic rings. The molecule has 0 aromatic carbocycles. The summed E-state index contributed by atoms with van der Waals surface area (Å²) in [4.78, 5) is 0. The molecular formula is C18H36BNO2Si2. The van der Waals surface area contributed by atoms with E-state index in [1.807, 2.05) is 0 Å². The Morgan fingerprint density at radius 1 is 1.08 bits per heavy atom. The minimum absolute atomic E-state index is 0.0224. The predicted molar refractivity (Wildman–Crippen MR) is 106 cm³/mol. The lowest BCUT2D eigenvalue weighted by atomic mass is 9.72. The van der Waals surface area contributed by atoms with E-state index in [1.165, 1.54) is 6.42 Å². The van der Waals surface area contributed by atoms with E-state index in [0.717, 1.165) is 24.2 Å². The van der Waals surface area contributed by atoms with E-state index in [-0.39, 0.29) is 12.7 Å². The Balaban J connectivity index is 1.58. The molecule has 4 fully saturated rings. The molecule has 7 atom stereocenters. The minimum Gasteiger partial charge on any atom is -0.404 e. The number of hydrogen-bond donors (Lipinski definition) is 0. The van der Waals surface area contributed by atoms with Crippen LogP contribution in [0.2, 0.25) is 39.3 Å². The van der Waals surface area contributed by atoms with Gasteiger partial charge < -0.3 is 13.5 Å². The summed E-state index contributed by atoms with van der Waals surface area (Å²) in [6, 6.07) is 0. The maximum atomic E-state index is 6.72. The summed E-state index contributed by atoms with van der Waals surface area (Å²) in [6.45, 7) is 22.1. The molecule has 3 nitrogen and oxygen atoms in total. The molecule has 0 bridgehead atoms. The van der Waals surface area contributed by atoms with Gasteiger partial charge in [0.05, 0.1) is 11.7 Å². The monoisotopic (exact) mass is 365 g/mol. The predicted octanol–water partition coefficient (Wildman–Crippen LogP) is 4.22. The van der Waals surface area contributed by atoms with Crippen LogP contribution in [-0.2, 0) is 9.31 Å². The van der Waals surface area contributed by atoms with Gasteiger partial charge in [-0.2, -0.15) is 0 Å². The van der Waals surface area contributed by atoms with Crippen molar-refractivity contribution in [1.82, 2.24) is 4.23 Å². The van der Waals surface area contributed by atoms with Crippen LogP contribution in [0.25, 0.3) is 0 Å². The molecule has 3 aliphatic carbocycles. The first-order valence-corrected chi connectivity index (χ1v) is 16.9. The van der Waals surface area contributed by atoms with Crippen LogP contribution < -0.4 is 0 Å². The molecule has 0 radical (unpaired) electrons. The smallest absolute Gasteiger partial charge is 0.404 e. The Kier molecular flexibility index (Phi) is 3.56. The maximum Gasteiger partial charge on any atom is 0.474 e. The second-order valence-corrected chi connectivity index (χ2v) is 21.4. The summed E-state index contributed by atoms with van der Waals surface area (Å²) in [7, 11) is -2.88. The number of fused-ring (bicyclic) bond motifs is 4. The normalized spacial score (nSPS) is 47.5. The van der Waals surface area contributed by atoms with Gasteiger partial charge in [0, 0.05) is 5.94 Å². The fraction of sp³-hybridized carbons (Fsp3) is 1.00. The lowest BCUT2D eigenvalue weighted by molar-refractivity contribution is -0.0390. The van der Waals surface area contributed by atoms with E-state index in [2.05, 4.69) is 64.3 Å². The second-order valence-electron chi connectivity index (χ2n) is 11.3. The van der Waals surface area contributed by atoms with Crippen molar-refractivity contribution < 1.29 is 9.31 Å². The SMILES string of the molecule is CC[C@@H](B1O[C@H]2[C@@H]3C4C(C[C@@]2(C)O1)C43C)N([Si](C)(C)C)[Si](C)(C)C. The number of nitrogens with zero attached hydrogens (tertiary/aromatic N) is 1. The molecule has 1 heterocycles. The molecule has 4 rings (SSSR count). The van der Waals surface area contributed by atoms with Gasteiger partial charge in [0.1, 0.15) is 16.5 Å². The zero-order chi connectivity index (χ0) is 17.9. The van der Waals surface area contributed by atoms with E-state index in [9.17, 15) is 0 Å². The third kappa shape index (κ3) is 2.19. The van der Waals surface area contributed by atoms with Gasteiger partial charge in [0.2, 0.25) is 0 Å². The van der Waals surface area contributed by atoms with Gasteiger partial charge in [-0.05, 0) is 42.9 Å². The Morgan fingerprint density at radius 2 is 1.62 bits per heavy atom. The molecule has 0 aromatic rings. The largest absolute Gasteiger partial charge is 0.474 e. The Bertz CT molecular complexity index is 548. The third-order valence-corrected chi connectivity index (χ3v) is 15.1. The van der Waals surface area contributed by atoms with Crippen LogP contribution in [0.1, 0.15) is 33.6 Å². The zero-order valence-electron chi connectivity index (χ0n) is 17.1. The highest BCUT2D eigenvalue weighted by molar-refractivity contribution is 6.90. The molecular weight excluding hydrogens is 329 g/mol. The van der Waals surface area contributed by atoms with Crippen molar-refractivity contribution in [2.75, 3.05) is 0 Å². The minimum atomic E-state index is -1.43. The molecule has 0 amide bonds. The highest BCUT2D eigenvalue weighted by Gasteiger charge is 2.90.